The van der Waals surface area contributed by atoms with Crippen molar-refractivity contribution in [2.45, 2.75) is 20.0 Å². The zero-order valence-corrected chi connectivity index (χ0v) is 20.3. The number of nitriles is 1. The average Bonchev–Trinajstić information content (AvgIpc) is 2.78. The Bertz CT molecular complexity index is 1200. The molecule has 0 heterocycles. The highest BCUT2D eigenvalue weighted by molar-refractivity contribution is 9.10. The lowest BCUT2D eigenvalue weighted by molar-refractivity contribution is -0.112. The van der Waals surface area contributed by atoms with Crippen LogP contribution in [0.5, 0.6) is 5.75 Å². The highest BCUT2D eigenvalue weighted by Gasteiger charge is 2.11. The van der Waals surface area contributed by atoms with E-state index < -0.39 is 5.91 Å². The largest absolute Gasteiger partial charge is 0.488 e. The van der Waals surface area contributed by atoms with Crippen LogP contribution in [-0.4, -0.2) is 5.91 Å². The number of amides is 1. The van der Waals surface area contributed by atoms with Gasteiger partial charge in [-0.05, 0) is 76.0 Å². The van der Waals surface area contributed by atoms with Crippen LogP contribution in [-0.2, 0) is 17.8 Å². The second kappa shape index (κ2) is 11.2. The van der Waals surface area contributed by atoms with E-state index >= 15 is 0 Å². The first-order valence-electron chi connectivity index (χ1n) is 9.78. The molecule has 4 nitrogen and oxygen atoms in total. The molecule has 0 bridgehead atoms. The summed E-state index contributed by atoms with van der Waals surface area (Å²) in [4.78, 5) is 12.5. The van der Waals surface area contributed by atoms with Crippen LogP contribution in [0.1, 0.15) is 23.6 Å². The Morgan fingerprint density at radius 1 is 1.12 bits per heavy atom. The zero-order chi connectivity index (χ0) is 23.1. The van der Waals surface area contributed by atoms with Crippen molar-refractivity contribution in [2.24, 2.45) is 0 Å². The van der Waals surface area contributed by atoms with Gasteiger partial charge in [-0.15, -0.1) is 0 Å². The summed E-state index contributed by atoms with van der Waals surface area (Å²) in [7, 11) is 0. The standard InChI is InChI=1S/C25H19BrCl2N2O2/c1-2-16-3-8-21(9-4-16)30-25(31)19(14-29)11-17-5-10-24(22(26)12-17)32-15-18-6-7-20(27)13-23(18)28/h3-13H,2,15H2,1H3,(H,30,31)/b19-11+. The van der Waals surface area contributed by atoms with Crippen LogP contribution in [0, 0.1) is 11.3 Å². The number of carbonyl (C=O) groups is 1. The van der Waals surface area contributed by atoms with Crippen molar-refractivity contribution in [1.29, 1.82) is 5.26 Å². The fourth-order valence-electron chi connectivity index (χ4n) is 2.86. The minimum Gasteiger partial charge on any atom is -0.488 e. The number of ether oxygens (including phenoxy) is 1. The Labute approximate surface area is 205 Å². The number of halogens is 3. The van der Waals surface area contributed by atoms with E-state index in [2.05, 4.69) is 28.2 Å². The normalized spacial score (nSPS) is 11.0. The lowest BCUT2D eigenvalue weighted by Crippen LogP contribution is -2.13. The Morgan fingerprint density at radius 2 is 1.88 bits per heavy atom. The van der Waals surface area contributed by atoms with Crippen LogP contribution in [0.15, 0.2) is 70.7 Å². The van der Waals surface area contributed by atoms with Gasteiger partial charge in [-0.1, -0.05) is 54.4 Å². The average molecular weight is 530 g/mol. The van der Waals surface area contributed by atoms with Crippen molar-refractivity contribution in [3.8, 4) is 11.8 Å². The monoisotopic (exact) mass is 528 g/mol. The molecule has 3 aromatic rings. The number of hydrogen-bond donors (Lipinski definition) is 1. The fourth-order valence-corrected chi connectivity index (χ4v) is 3.83. The topological polar surface area (TPSA) is 62.1 Å². The molecule has 0 aromatic heterocycles. The molecular formula is C25H19BrCl2N2O2. The Kier molecular flexibility index (Phi) is 8.35. The first-order chi connectivity index (χ1) is 15.4. The highest BCUT2D eigenvalue weighted by atomic mass is 79.9. The number of rotatable bonds is 7. The van der Waals surface area contributed by atoms with Crippen LogP contribution < -0.4 is 10.1 Å². The summed E-state index contributed by atoms with van der Waals surface area (Å²) in [5.74, 6) is 0.137. The molecule has 0 saturated heterocycles. The number of hydrogen-bond acceptors (Lipinski definition) is 3. The summed E-state index contributed by atoms with van der Waals surface area (Å²) in [6.07, 6.45) is 2.44. The third kappa shape index (κ3) is 6.37. The smallest absolute Gasteiger partial charge is 0.266 e. The SMILES string of the molecule is CCc1ccc(NC(=O)/C(C#N)=C/c2ccc(OCc3ccc(Cl)cc3Cl)c(Br)c2)cc1. The predicted molar refractivity (Wildman–Crippen MR) is 133 cm³/mol. The summed E-state index contributed by atoms with van der Waals surface area (Å²) in [6, 6.07) is 20.0. The molecular weight excluding hydrogens is 511 g/mol. The summed E-state index contributed by atoms with van der Waals surface area (Å²) < 4.78 is 6.52. The maximum atomic E-state index is 12.5. The molecule has 0 fully saturated rings. The van der Waals surface area contributed by atoms with Gasteiger partial charge in [0.25, 0.3) is 5.91 Å². The molecule has 0 aliphatic carbocycles. The number of nitrogens with one attached hydrogen (secondary N) is 1. The molecule has 1 N–H and O–H groups in total. The number of carbonyl (C=O) groups excluding carboxylic acids is 1. The molecule has 1 amide bonds. The van der Waals surface area contributed by atoms with Gasteiger partial charge in [0.1, 0.15) is 24.0 Å². The fraction of sp³-hybridized carbons (Fsp3) is 0.120. The van der Waals surface area contributed by atoms with E-state index in [9.17, 15) is 10.1 Å². The first kappa shape index (κ1) is 23.9. The minimum atomic E-state index is -0.467. The third-order valence-corrected chi connectivity index (χ3v) is 5.86. The summed E-state index contributed by atoms with van der Waals surface area (Å²) in [5, 5.41) is 13.3. The Hall–Kier alpha value is -2.78. The van der Waals surface area contributed by atoms with E-state index in [0.29, 0.717) is 31.5 Å². The molecule has 7 heteroatoms. The van der Waals surface area contributed by atoms with E-state index in [1.54, 1.807) is 30.3 Å². The lowest BCUT2D eigenvalue weighted by atomic mass is 10.1. The van der Waals surface area contributed by atoms with Crippen molar-refractivity contribution in [1.82, 2.24) is 0 Å². The van der Waals surface area contributed by atoms with Gasteiger partial charge in [0.05, 0.1) is 4.47 Å². The molecule has 0 radical (unpaired) electrons. The Morgan fingerprint density at radius 3 is 2.50 bits per heavy atom. The predicted octanol–water partition coefficient (Wildman–Crippen LogP) is 7.44. The second-order valence-corrected chi connectivity index (χ2v) is 8.59. The second-order valence-electron chi connectivity index (χ2n) is 6.89. The van der Waals surface area contributed by atoms with Crippen LogP contribution in [0.25, 0.3) is 6.08 Å². The molecule has 0 aliphatic rings. The number of benzene rings is 3. The van der Waals surface area contributed by atoms with Crippen LogP contribution in [0.2, 0.25) is 10.0 Å². The summed E-state index contributed by atoms with van der Waals surface area (Å²) in [6.45, 7) is 2.33. The highest BCUT2D eigenvalue weighted by Crippen LogP contribution is 2.29. The molecule has 0 atom stereocenters. The molecule has 0 aliphatic heterocycles. The molecule has 0 spiro atoms. The summed E-state index contributed by atoms with van der Waals surface area (Å²) >= 11 is 15.6. The van der Waals surface area contributed by atoms with E-state index in [1.807, 2.05) is 36.4 Å². The van der Waals surface area contributed by atoms with Crippen LogP contribution in [0.4, 0.5) is 5.69 Å². The molecule has 32 heavy (non-hydrogen) atoms. The third-order valence-electron chi connectivity index (χ3n) is 4.65. The zero-order valence-electron chi connectivity index (χ0n) is 17.2. The van der Waals surface area contributed by atoms with E-state index in [-0.39, 0.29) is 12.2 Å². The minimum absolute atomic E-state index is 0.00178. The molecule has 0 saturated carbocycles. The maximum Gasteiger partial charge on any atom is 0.266 e. The van der Waals surface area contributed by atoms with Crippen molar-refractivity contribution >= 4 is 56.8 Å². The summed E-state index contributed by atoms with van der Waals surface area (Å²) in [5.41, 5.74) is 3.30. The molecule has 162 valence electrons. The lowest BCUT2D eigenvalue weighted by Gasteiger charge is -2.10. The van der Waals surface area contributed by atoms with Gasteiger partial charge in [0, 0.05) is 21.3 Å². The van der Waals surface area contributed by atoms with Crippen LogP contribution >= 0.6 is 39.1 Å². The molecule has 0 unspecified atom stereocenters. The van der Waals surface area contributed by atoms with Gasteiger partial charge in [-0.2, -0.15) is 5.26 Å². The van der Waals surface area contributed by atoms with Crippen molar-refractivity contribution in [3.05, 3.63) is 97.4 Å². The maximum absolute atomic E-state index is 12.5. The van der Waals surface area contributed by atoms with Crippen molar-refractivity contribution in [2.75, 3.05) is 5.32 Å². The van der Waals surface area contributed by atoms with Gasteiger partial charge in [-0.3, -0.25) is 4.79 Å². The number of anilines is 1. The van der Waals surface area contributed by atoms with E-state index in [1.165, 1.54) is 11.6 Å². The van der Waals surface area contributed by atoms with Gasteiger partial charge in [0.15, 0.2) is 0 Å². The quantitative estimate of drug-likeness (QED) is 0.255. The van der Waals surface area contributed by atoms with Gasteiger partial charge in [0.2, 0.25) is 0 Å². The van der Waals surface area contributed by atoms with Crippen molar-refractivity contribution in [3.63, 3.8) is 0 Å². The van der Waals surface area contributed by atoms with E-state index in [4.69, 9.17) is 27.9 Å². The molecule has 3 rings (SSSR count). The number of nitrogens with zero attached hydrogens (tertiary/aromatic N) is 1. The van der Waals surface area contributed by atoms with Crippen molar-refractivity contribution < 1.29 is 9.53 Å². The Balaban J connectivity index is 1.70. The number of aryl methyl sites for hydroxylation is 1. The molecule has 3 aromatic carbocycles. The van der Waals surface area contributed by atoms with Gasteiger partial charge < -0.3 is 10.1 Å². The van der Waals surface area contributed by atoms with Crippen LogP contribution in [0.3, 0.4) is 0 Å². The van der Waals surface area contributed by atoms with Gasteiger partial charge >= 0.3 is 0 Å². The first-order valence-corrected chi connectivity index (χ1v) is 11.3. The van der Waals surface area contributed by atoms with Gasteiger partial charge in [-0.25, -0.2) is 0 Å². The van der Waals surface area contributed by atoms with E-state index in [0.717, 1.165) is 12.0 Å².